The van der Waals surface area contributed by atoms with Gasteiger partial charge in [0.1, 0.15) is 0 Å². The molecule has 0 spiro atoms. The van der Waals surface area contributed by atoms with Crippen LogP contribution in [0, 0.1) is 6.92 Å². The second-order valence-corrected chi connectivity index (χ2v) is 4.77. The minimum Gasteiger partial charge on any atom is -0.371 e. The molecule has 1 fully saturated rings. The Morgan fingerprint density at radius 3 is 2.50 bits per heavy atom. The molecule has 0 radical (unpaired) electrons. The highest BCUT2D eigenvalue weighted by Crippen LogP contribution is 2.28. The molecule has 0 saturated carbocycles. The third-order valence-corrected chi connectivity index (χ3v) is 3.52. The lowest BCUT2D eigenvalue weighted by Gasteiger charge is -2.32. The number of para-hydroxylation sites is 1. The molecule has 94 valence electrons. The van der Waals surface area contributed by atoms with Crippen LogP contribution < -0.4 is 4.90 Å². The molecule has 0 aliphatic carbocycles. The minimum atomic E-state index is 0.447. The Labute approximate surface area is 107 Å². The van der Waals surface area contributed by atoms with Gasteiger partial charge in [0.2, 0.25) is 5.89 Å². The number of aryl methyl sites for hydroxylation is 1. The van der Waals surface area contributed by atoms with Crippen LogP contribution in [0.4, 0.5) is 5.69 Å². The third-order valence-electron chi connectivity index (χ3n) is 3.52. The van der Waals surface area contributed by atoms with Crippen LogP contribution in [0.25, 0.3) is 0 Å². The fourth-order valence-electron chi connectivity index (χ4n) is 2.52. The quantitative estimate of drug-likeness (QED) is 0.813. The first kappa shape index (κ1) is 11.3. The van der Waals surface area contributed by atoms with E-state index >= 15 is 0 Å². The molecule has 3 rings (SSSR count). The molecule has 1 aliphatic heterocycles. The summed E-state index contributed by atoms with van der Waals surface area (Å²) in [4.78, 5) is 6.76. The zero-order valence-corrected chi connectivity index (χ0v) is 10.5. The van der Waals surface area contributed by atoms with Gasteiger partial charge < -0.3 is 9.42 Å². The van der Waals surface area contributed by atoms with Gasteiger partial charge in [0.05, 0.1) is 0 Å². The average Bonchev–Trinajstić information content (AvgIpc) is 2.87. The van der Waals surface area contributed by atoms with Gasteiger partial charge in [-0.1, -0.05) is 23.4 Å². The molecule has 1 aromatic carbocycles. The monoisotopic (exact) mass is 243 g/mol. The van der Waals surface area contributed by atoms with Crippen molar-refractivity contribution in [2.24, 2.45) is 0 Å². The number of rotatable bonds is 2. The average molecular weight is 243 g/mol. The van der Waals surface area contributed by atoms with Crippen molar-refractivity contribution >= 4 is 5.69 Å². The lowest BCUT2D eigenvalue weighted by atomic mass is 9.96. The van der Waals surface area contributed by atoms with E-state index in [2.05, 4.69) is 45.4 Å². The van der Waals surface area contributed by atoms with Crippen LogP contribution in [0.2, 0.25) is 0 Å². The predicted molar refractivity (Wildman–Crippen MR) is 69.7 cm³/mol. The Hall–Kier alpha value is -1.84. The van der Waals surface area contributed by atoms with Crippen LogP contribution in [-0.2, 0) is 0 Å². The highest BCUT2D eigenvalue weighted by molar-refractivity contribution is 5.46. The summed E-state index contributed by atoms with van der Waals surface area (Å²) in [6, 6.07) is 10.6. The van der Waals surface area contributed by atoms with Crippen molar-refractivity contribution < 1.29 is 4.52 Å². The van der Waals surface area contributed by atoms with Crippen molar-refractivity contribution in [2.75, 3.05) is 18.0 Å². The van der Waals surface area contributed by atoms with Crippen molar-refractivity contribution in [3.8, 4) is 0 Å². The zero-order valence-electron chi connectivity index (χ0n) is 10.5. The van der Waals surface area contributed by atoms with Gasteiger partial charge in [-0.15, -0.1) is 0 Å². The van der Waals surface area contributed by atoms with Crippen LogP contribution in [0.15, 0.2) is 34.9 Å². The Kier molecular flexibility index (Phi) is 3.00. The maximum absolute atomic E-state index is 5.05. The van der Waals surface area contributed by atoms with E-state index in [1.807, 2.05) is 6.92 Å². The topological polar surface area (TPSA) is 42.2 Å². The van der Waals surface area contributed by atoms with E-state index in [0.29, 0.717) is 11.8 Å². The number of benzene rings is 1. The molecule has 4 nitrogen and oxygen atoms in total. The number of hydrogen-bond donors (Lipinski definition) is 0. The number of anilines is 1. The Morgan fingerprint density at radius 2 is 1.89 bits per heavy atom. The lowest BCUT2D eigenvalue weighted by molar-refractivity contribution is 0.375. The fraction of sp³-hybridized carbons (Fsp3) is 0.429. The normalized spacial score (nSPS) is 17.1. The summed E-state index contributed by atoms with van der Waals surface area (Å²) in [5, 5.41) is 4.03. The first-order chi connectivity index (χ1) is 8.83. The van der Waals surface area contributed by atoms with Crippen molar-refractivity contribution in [2.45, 2.75) is 25.7 Å². The zero-order chi connectivity index (χ0) is 12.4. The molecule has 1 saturated heterocycles. The van der Waals surface area contributed by atoms with E-state index in [9.17, 15) is 0 Å². The van der Waals surface area contributed by atoms with E-state index in [1.54, 1.807) is 0 Å². The van der Waals surface area contributed by atoms with Crippen molar-refractivity contribution in [3.63, 3.8) is 0 Å². The molecule has 2 aromatic rings. The molecule has 0 atom stereocenters. The van der Waals surface area contributed by atoms with E-state index in [4.69, 9.17) is 4.52 Å². The van der Waals surface area contributed by atoms with Crippen LogP contribution in [-0.4, -0.2) is 23.2 Å². The van der Waals surface area contributed by atoms with E-state index in [0.717, 1.165) is 31.8 Å². The molecular formula is C14H17N3O. The third kappa shape index (κ3) is 2.23. The predicted octanol–water partition coefficient (Wildman–Crippen LogP) is 2.76. The maximum Gasteiger partial charge on any atom is 0.223 e. The highest BCUT2D eigenvalue weighted by Gasteiger charge is 2.24. The summed E-state index contributed by atoms with van der Waals surface area (Å²) in [5.74, 6) is 1.98. The van der Waals surface area contributed by atoms with E-state index in [-0.39, 0.29) is 0 Å². The van der Waals surface area contributed by atoms with Gasteiger partial charge in [-0.2, -0.15) is 4.98 Å². The summed E-state index contributed by atoms with van der Waals surface area (Å²) in [6.45, 7) is 3.96. The largest absolute Gasteiger partial charge is 0.371 e. The SMILES string of the molecule is Cc1nc(C2CCN(c3ccccc3)CC2)no1. The first-order valence-corrected chi connectivity index (χ1v) is 6.43. The number of aromatic nitrogens is 2. The molecular weight excluding hydrogens is 226 g/mol. The van der Waals surface area contributed by atoms with Crippen molar-refractivity contribution in [1.82, 2.24) is 10.1 Å². The second kappa shape index (κ2) is 4.80. The van der Waals surface area contributed by atoms with Crippen molar-refractivity contribution in [1.29, 1.82) is 0 Å². The van der Waals surface area contributed by atoms with Gasteiger partial charge >= 0.3 is 0 Å². The van der Waals surface area contributed by atoms with Gasteiger partial charge in [-0.25, -0.2) is 0 Å². The molecule has 0 unspecified atom stereocenters. The molecule has 1 aromatic heterocycles. The van der Waals surface area contributed by atoms with Crippen LogP contribution in [0.5, 0.6) is 0 Å². The summed E-state index contributed by atoms with van der Waals surface area (Å²) in [7, 11) is 0. The molecule has 4 heteroatoms. The summed E-state index contributed by atoms with van der Waals surface area (Å²) in [5.41, 5.74) is 1.31. The number of nitrogens with zero attached hydrogens (tertiary/aromatic N) is 3. The standard InChI is InChI=1S/C14H17N3O/c1-11-15-14(16-18-11)12-7-9-17(10-8-12)13-5-3-2-4-6-13/h2-6,12H,7-10H2,1H3. The molecule has 0 amide bonds. The molecule has 1 aliphatic rings. The Balaban J connectivity index is 1.65. The van der Waals surface area contributed by atoms with Crippen molar-refractivity contribution in [3.05, 3.63) is 42.0 Å². The minimum absolute atomic E-state index is 0.447. The Morgan fingerprint density at radius 1 is 1.17 bits per heavy atom. The molecule has 0 N–H and O–H groups in total. The van der Waals surface area contributed by atoms with Crippen LogP contribution in [0.1, 0.15) is 30.5 Å². The summed E-state index contributed by atoms with van der Waals surface area (Å²) in [6.07, 6.45) is 2.18. The number of hydrogen-bond acceptors (Lipinski definition) is 4. The summed E-state index contributed by atoms with van der Waals surface area (Å²) < 4.78 is 5.05. The maximum atomic E-state index is 5.05. The molecule has 18 heavy (non-hydrogen) atoms. The van der Waals surface area contributed by atoms with Gasteiger partial charge in [-0.05, 0) is 25.0 Å². The van der Waals surface area contributed by atoms with E-state index < -0.39 is 0 Å². The lowest BCUT2D eigenvalue weighted by Crippen LogP contribution is -2.33. The highest BCUT2D eigenvalue weighted by atomic mass is 16.5. The van der Waals surface area contributed by atoms with Crippen LogP contribution >= 0.6 is 0 Å². The number of piperidine rings is 1. The van der Waals surface area contributed by atoms with Gasteiger partial charge in [0, 0.05) is 31.6 Å². The summed E-state index contributed by atoms with van der Waals surface area (Å²) >= 11 is 0. The second-order valence-electron chi connectivity index (χ2n) is 4.77. The molecule has 2 heterocycles. The smallest absolute Gasteiger partial charge is 0.223 e. The van der Waals surface area contributed by atoms with Gasteiger partial charge in [-0.3, -0.25) is 0 Å². The Bertz CT molecular complexity index is 501. The van der Waals surface area contributed by atoms with Gasteiger partial charge in [0.25, 0.3) is 0 Å². The van der Waals surface area contributed by atoms with E-state index in [1.165, 1.54) is 5.69 Å². The fourth-order valence-corrected chi connectivity index (χ4v) is 2.52. The van der Waals surface area contributed by atoms with Gasteiger partial charge in [0.15, 0.2) is 5.82 Å². The van der Waals surface area contributed by atoms with Crippen LogP contribution in [0.3, 0.4) is 0 Å². The molecule has 0 bridgehead atoms. The first-order valence-electron chi connectivity index (χ1n) is 6.43.